The highest BCUT2D eigenvalue weighted by molar-refractivity contribution is 5.68. The molecule has 3 heteroatoms. The monoisotopic (exact) mass is 311 g/mol. The second-order valence-corrected chi connectivity index (χ2v) is 5.94. The van der Waals surface area contributed by atoms with Crippen LogP contribution in [0.2, 0.25) is 0 Å². The van der Waals surface area contributed by atoms with Crippen molar-refractivity contribution in [2.24, 2.45) is 0 Å². The molecule has 23 heavy (non-hydrogen) atoms. The summed E-state index contributed by atoms with van der Waals surface area (Å²) < 4.78 is 10.7. The Morgan fingerprint density at radius 1 is 1.00 bits per heavy atom. The highest BCUT2D eigenvalue weighted by atomic mass is 16.5. The van der Waals surface area contributed by atoms with Crippen molar-refractivity contribution >= 4 is 0 Å². The van der Waals surface area contributed by atoms with E-state index in [1.54, 1.807) is 7.11 Å². The number of benzene rings is 2. The van der Waals surface area contributed by atoms with Crippen molar-refractivity contribution < 1.29 is 9.47 Å². The molecule has 1 aliphatic rings. The largest absolute Gasteiger partial charge is 0.497 e. The van der Waals surface area contributed by atoms with Crippen molar-refractivity contribution in [3.63, 3.8) is 0 Å². The molecule has 0 saturated carbocycles. The highest BCUT2D eigenvalue weighted by Gasteiger charge is 2.10. The molecule has 1 heterocycles. The van der Waals surface area contributed by atoms with Crippen LogP contribution in [0.15, 0.2) is 48.5 Å². The van der Waals surface area contributed by atoms with Crippen LogP contribution in [0.5, 0.6) is 5.75 Å². The Kier molecular flexibility index (Phi) is 5.67. The Morgan fingerprint density at radius 2 is 1.74 bits per heavy atom. The van der Waals surface area contributed by atoms with E-state index in [0.29, 0.717) is 0 Å². The molecule has 0 spiro atoms. The van der Waals surface area contributed by atoms with Gasteiger partial charge in [-0.3, -0.25) is 4.90 Å². The van der Waals surface area contributed by atoms with Gasteiger partial charge < -0.3 is 9.47 Å². The summed E-state index contributed by atoms with van der Waals surface area (Å²) in [5.41, 5.74) is 4.01. The lowest BCUT2D eigenvalue weighted by atomic mass is 9.96. The lowest BCUT2D eigenvalue weighted by Gasteiger charge is -2.26. The second kappa shape index (κ2) is 8.14. The summed E-state index contributed by atoms with van der Waals surface area (Å²) >= 11 is 0. The number of aryl methyl sites for hydroxylation is 1. The van der Waals surface area contributed by atoms with Crippen molar-refractivity contribution in [1.82, 2.24) is 4.90 Å². The van der Waals surface area contributed by atoms with Crippen LogP contribution in [-0.4, -0.2) is 44.9 Å². The van der Waals surface area contributed by atoms with Crippen LogP contribution in [0, 0.1) is 0 Å². The van der Waals surface area contributed by atoms with Gasteiger partial charge in [0.05, 0.1) is 20.3 Å². The lowest BCUT2D eigenvalue weighted by Crippen LogP contribution is -2.36. The van der Waals surface area contributed by atoms with Crippen LogP contribution in [0.3, 0.4) is 0 Å². The zero-order valence-electron chi connectivity index (χ0n) is 13.8. The fourth-order valence-corrected chi connectivity index (χ4v) is 3.11. The lowest BCUT2D eigenvalue weighted by molar-refractivity contribution is 0.0375. The SMILES string of the molecule is COc1ccc(-c2ccccc2CCCN2CCOCC2)cc1. The van der Waals surface area contributed by atoms with Gasteiger partial charge in [-0.1, -0.05) is 36.4 Å². The molecule has 3 nitrogen and oxygen atoms in total. The molecule has 0 amide bonds. The third-order valence-electron chi connectivity index (χ3n) is 4.44. The molecule has 3 rings (SSSR count). The van der Waals surface area contributed by atoms with Gasteiger partial charge in [0.1, 0.15) is 5.75 Å². The topological polar surface area (TPSA) is 21.7 Å². The number of morpholine rings is 1. The van der Waals surface area contributed by atoms with Crippen LogP contribution >= 0.6 is 0 Å². The van der Waals surface area contributed by atoms with Crippen molar-refractivity contribution in [3.8, 4) is 16.9 Å². The summed E-state index contributed by atoms with van der Waals surface area (Å²) in [5, 5.41) is 0. The smallest absolute Gasteiger partial charge is 0.118 e. The maximum Gasteiger partial charge on any atom is 0.118 e. The average molecular weight is 311 g/mol. The molecule has 2 aromatic carbocycles. The fourth-order valence-electron chi connectivity index (χ4n) is 3.11. The molecule has 1 fully saturated rings. The van der Waals surface area contributed by atoms with E-state index < -0.39 is 0 Å². The Balaban J connectivity index is 1.65. The van der Waals surface area contributed by atoms with Gasteiger partial charge in [-0.15, -0.1) is 0 Å². The quantitative estimate of drug-likeness (QED) is 0.813. The van der Waals surface area contributed by atoms with E-state index >= 15 is 0 Å². The van der Waals surface area contributed by atoms with E-state index in [4.69, 9.17) is 9.47 Å². The van der Waals surface area contributed by atoms with E-state index in [1.807, 2.05) is 12.1 Å². The first-order valence-electron chi connectivity index (χ1n) is 8.39. The van der Waals surface area contributed by atoms with Gasteiger partial charge >= 0.3 is 0 Å². The minimum atomic E-state index is 0.877. The Morgan fingerprint density at radius 3 is 2.48 bits per heavy atom. The molecule has 0 bridgehead atoms. The van der Waals surface area contributed by atoms with Gasteiger partial charge in [0.25, 0.3) is 0 Å². The Labute approximate surface area is 138 Å². The summed E-state index contributed by atoms with van der Waals surface area (Å²) in [7, 11) is 1.70. The molecule has 0 atom stereocenters. The third-order valence-corrected chi connectivity index (χ3v) is 4.44. The Hall–Kier alpha value is -1.84. The fraction of sp³-hybridized carbons (Fsp3) is 0.400. The average Bonchev–Trinajstić information content (AvgIpc) is 2.63. The van der Waals surface area contributed by atoms with Crippen LogP contribution in [0.4, 0.5) is 0 Å². The van der Waals surface area contributed by atoms with E-state index in [2.05, 4.69) is 41.3 Å². The standard InChI is InChI=1S/C20H25NO2/c1-22-19-10-8-18(9-11-19)20-7-3-2-5-17(20)6-4-12-21-13-15-23-16-14-21/h2-3,5,7-11H,4,6,12-16H2,1H3. The molecule has 0 unspecified atom stereocenters. The van der Waals surface area contributed by atoms with E-state index in [9.17, 15) is 0 Å². The van der Waals surface area contributed by atoms with Crippen LogP contribution < -0.4 is 4.74 Å². The summed E-state index contributed by atoms with van der Waals surface area (Å²) in [6.07, 6.45) is 2.30. The van der Waals surface area contributed by atoms with Gasteiger partial charge in [0.2, 0.25) is 0 Å². The van der Waals surface area contributed by atoms with Crippen LogP contribution in [0.25, 0.3) is 11.1 Å². The molecule has 1 saturated heterocycles. The molecule has 0 aliphatic carbocycles. The van der Waals surface area contributed by atoms with Gasteiger partial charge in [-0.2, -0.15) is 0 Å². The number of hydrogen-bond donors (Lipinski definition) is 0. The normalized spacial score (nSPS) is 15.5. The first kappa shape index (κ1) is 16.0. The van der Waals surface area contributed by atoms with Gasteiger partial charge in [-0.05, 0) is 48.2 Å². The van der Waals surface area contributed by atoms with Crippen LogP contribution in [-0.2, 0) is 11.2 Å². The molecular formula is C20H25NO2. The maximum absolute atomic E-state index is 5.41. The predicted octanol–water partition coefficient (Wildman–Crippen LogP) is 3.63. The van der Waals surface area contributed by atoms with Crippen molar-refractivity contribution in [3.05, 3.63) is 54.1 Å². The predicted molar refractivity (Wildman–Crippen MR) is 94.0 cm³/mol. The summed E-state index contributed by atoms with van der Waals surface area (Å²) in [5.74, 6) is 0.901. The molecule has 1 aliphatic heterocycles. The highest BCUT2D eigenvalue weighted by Crippen LogP contribution is 2.26. The van der Waals surface area contributed by atoms with Gasteiger partial charge in [0.15, 0.2) is 0 Å². The first-order chi connectivity index (χ1) is 11.4. The third kappa shape index (κ3) is 4.34. The van der Waals surface area contributed by atoms with Gasteiger partial charge in [-0.25, -0.2) is 0 Å². The van der Waals surface area contributed by atoms with Crippen molar-refractivity contribution in [2.45, 2.75) is 12.8 Å². The molecular weight excluding hydrogens is 286 g/mol. The number of hydrogen-bond acceptors (Lipinski definition) is 3. The van der Waals surface area contributed by atoms with Crippen molar-refractivity contribution in [1.29, 1.82) is 0 Å². The number of nitrogens with zero attached hydrogens (tertiary/aromatic N) is 1. The van der Waals surface area contributed by atoms with Crippen molar-refractivity contribution in [2.75, 3.05) is 40.0 Å². The van der Waals surface area contributed by atoms with Crippen LogP contribution in [0.1, 0.15) is 12.0 Å². The molecule has 0 aromatic heterocycles. The van der Waals surface area contributed by atoms with E-state index in [0.717, 1.165) is 45.0 Å². The summed E-state index contributed by atoms with van der Waals surface area (Å²) in [6.45, 7) is 5.05. The zero-order chi connectivity index (χ0) is 15.9. The second-order valence-electron chi connectivity index (χ2n) is 5.94. The van der Waals surface area contributed by atoms with E-state index in [1.165, 1.54) is 23.1 Å². The molecule has 2 aromatic rings. The summed E-state index contributed by atoms with van der Waals surface area (Å²) in [6, 6.07) is 17.0. The molecule has 0 radical (unpaired) electrons. The molecule has 0 N–H and O–H groups in total. The first-order valence-corrected chi connectivity index (χ1v) is 8.39. The van der Waals surface area contributed by atoms with E-state index in [-0.39, 0.29) is 0 Å². The summed E-state index contributed by atoms with van der Waals surface area (Å²) in [4.78, 5) is 2.50. The maximum atomic E-state index is 5.41. The Bertz CT molecular complexity index is 603. The minimum absolute atomic E-state index is 0.877. The zero-order valence-corrected chi connectivity index (χ0v) is 13.8. The number of ether oxygens (including phenoxy) is 2. The number of rotatable bonds is 6. The minimum Gasteiger partial charge on any atom is -0.497 e. The molecule has 122 valence electrons. The van der Waals surface area contributed by atoms with Gasteiger partial charge in [0, 0.05) is 13.1 Å². The number of methoxy groups -OCH3 is 1.